The van der Waals surface area contributed by atoms with Crippen LogP contribution in [0.3, 0.4) is 0 Å². The standard InChI is InChI=1S/C26H50O4Si2/c1-11-17-25(27-19(3)4,28-20(5)6)31-23-13-15-24(16-14-23)32-26(18-12-2,29-21(7)8)30-22(9)10/h13-16,19-22H,11-12,17-18,31-32H2,1-10H3. The van der Waals surface area contributed by atoms with Crippen molar-refractivity contribution in [3.63, 3.8) is 0 Å². The molecule has 0 saturated heterocycles. The fourth-order valence-corrected chi connectivity index (χ4v) is 9.43. The van der Waals surface area contributed by atoms with Crippen molar-refractivity contribution in [3.8, 4) is 0 Å². The van der Waals surface area contributed by atoms with Crippen molar-refractivity contribution in [3.05, 3.63) is 24.3 Å². The zero-order valence-corrected chi connectivity index (χ0v) is 25.3. The van der Waals surface area contributed by atoms with Gasteiger partial charge in [-0.2, -0.15) is 0 Å². The second kappa shape index (κ2) is 14.0. The van der Waals surface area contributed by atoms with Gasteiger partial charge in [-0.3, -0.25) is 0 Å². The molecule has 0 aliphatic carbocycles. The van der Waals surface area contributed by atoms with Gasteiger partial charge in [0.05, 0.1) is 24.4 Å². The van der Waals surface area contributed by atoms with Crippen LogP contribution >= 0.6 is 0 Å². The van der Waals surface area contributed by atoms with Crippen LogP contribution in [0.4, 0.5) is 0 Å². The first-order valence-electron chi connectivity index (χ1n) is 12.7. The van der Waals surface area contributed by atoms with E-state index in [9.17, 15) is 0 Å². The molecule has 0 bridgehead atoms. The van der Waals surface area contributed by atoms with Gasteiger partial charge in [-0.05, 0) is 68.2 Å². The van der Waals surface area contributed by atoms with E-state index in [0.717, 1.165) is 25.7 Å². The molecule has 0 unspecified atom stereocenters. The summed E-state index contributed by atoms with van der Waals surface area (Å²) in [5, 5.41) is 2.77. The lowest BCUT2D eigenvalue weighted by Gasteiger charge is -2.38. The molecule has 0 radical (unpaired) electrons. The van der Waals surface area contributed by atoms with Crippen molar-refractivity contribution in [2.24, 2.45) is 0 Å². The van der Waals surface area contributed by atoms with Gasteiger partial charge in [-0.25, -0.2) is 0 Å². The molecular formula is C26H50O4Si2. The van der Waals surface area contributed by atoms with E-state index in [0.29, 0.717) is 0 Å². The van der Waals surface area contributed by atoms with E-state index < -0.39 is 29.9 Å². The topological polar surface area (TPSA) is 36.9 Å². The minimum absolute atomic E-state index is 0.149. The Morgan fingerprint density at radius 3 is 1.00 bits per heavy atom. The highest BCUT2D eigenvalue weighted by atomic mass is 28.2. The van der Waals surface area contributed by atoms with E-state index >= 15 is 0 Å². The Morgan fingerprint density at radius 2 is 0.812 bits per heavy atom. The average Bonchev–Trinajstić information content (AvgIpc) is 2.61. The Balaban J connectivity index is 3.12. The van der Waals surface area contributed by atoms with Gasteiger partial charge in [0.25, 0.3) is 0 Å². The lowest BCUT2D eigenvalue weighted by atomic mass is 10.3. The Bertz CT molecular complexity index is 554. The van der Waals surface area contributed by atoms with Crippen LogP contribution in [0.5, 0.6) is 0 Å². The summed E-state index contributed by atoms with van der Waals surface area (Å²) in [6.45, 7) is 21.3. The third kappa shape index (κ3) is 10.6. The van der Waals surface area contributed by atoms with Crippen molar-refractivity contribution in [2.45, 2.75) is 130 Å². The fraction of sp³-hybridized carbons (Fsp3) is 0.769. The lowest BCUT2D eigenvalue weighted by molar-refractivity contribution is -0.219. The summed E-state index contributed by atoms with van der Waals surface area (Å²) < 4.78 is 25.7. The molecule has 0 heterocycles. The summed E-state index contributed by atoms with van der Waals surface area (Å²) in [7, 11) is -1.59. The second-order valence-electron chi connectivity index (χ2n) is 10.2. The molecule has 0 aliphatic heterocycles. The van der Waals surface area contributed by atoms with Crippen molar-refractivity contribution in [1.82, 2.24) is 0 Å². The zero-order chi connectivity index (χ0) is 24.4. The molecule has 1 rings (SSSR count). The molecule has 0 aromatic heterocycles. The van der Waals surface area contributed by atoms with Gasteiger partial charge in [-0.15, -0.1) is 0 Å². The fourth-order valence-electron chi connectivity index (χ4n) is 4.51. The predicted molar refractivity (Wildman–Crippen MR) is 143 cm³/mol. The van der Waals surface area contributed by atoms with Gasteiger partial charge < -0.3 is 18.9 Å². The van der Waals surface area contributed by atoms with Gasteiger partial charge in [0.15, 0.2) is 10.8 Å². The van der Waals surface area contributed by atoms with E-state index in [2.05, 4.69) is 93.5 Å². The highest BCUT2D eigenvalue weighted by Gasteiger charge is 2.36. The van der Waals surface area contributed by atoms with Crippen LogP contribution in [0.2, 0.25) is 0 Å². The second-order valence-corrected chi connectivity index (χ2v) is 14.7. The highest BCUT2D eigenvalue weighted by molar-refractivity contribution is 6.58. The van der Waals surface area contributed by atoms with E-state index in [4.69, 9.17) is 18.9 Å². The van der Waals surface area contributed by atoms with Gasteiger partial charge in [-0.1, -0.05) is 61.3 Å². The Morgan fingerprint density at radius 1 is 0.562 bits per heavy atom. The first-order valence-corrected chi connectivity index (χ1v) is 15.6. The number of hydrogen-bond acceptors (Lipinski definition) is 4. The summed E-state index contributed by atoms with van der Waals surface area (Å²) in [6.07, 6.45) is 4.58. The van der Waals surface area contributed by atoms with Crippen molar-refractivity contribution >= 4 is 29.4 Å². The minimum atomic E-state index is -0.796. The molecule has 6 heteroatoms. The van der Waals surface area contributed by atoms with Crippen LogP contribution in [0.1, 0.15) is 94.9 Å². The van der Waals surface area contributed by atoms with Gasteiger partial charge >= 0.3 is 0 Å². The number of hydrogen-bond donors (Lipinski definition) is 0. The van der Waals surface area contributed by atoms with Crippen molar-refractivity contribution < 1.29 is 18.9 Å². The molecule has 0 amide bonds. The summed E-state index contributed by atoms with van der Waals surface area (Å²) in [6, 6.07) is 9.20. The number of benzene rings is 1. The molecule has 0 N–H and O–H groups in total. The van der Waals surface area contributed by atoms with Crippen LogP contribution in [0.25, 0.3) is 0 Å². The Labute approximate surface area is 202 Å². The molecule has 1 aromatic carbocycles. The summed E-state index contributed by atoms with van der Waals surface area (Å²) in [5.41, 5.74) is -0.882. The summed E-state index contributed by atoms with van der Waals surface area (Å²) >= 11 is 0. The molecule has 0 fully saturated rings. The average molecular weight is 483 g/mol. The smallest absolute Gasteiger partial charge is 0.150 e. The zero-order valence-electron chi connectivity index (χ0n) is 22.5. The number of rotatable bonds is 16. The third-order valence-electron chi connectivity index (χ3n) is 5.03. The lowest BCUT2D eigenvalue weighted by Crippen LogP contribution is -2.51. The van der Waals surface area contributed by atoms with Gasteiger partial charge in [0.2, 0.25) is 0 Å². The van der Waals surface area contributed by atoms with Crippen molar-refractivity contribution in [2.75, 3.05) is 0 Å². The monoisotopic (exact) mass is 482 g/mol. The maximum absolute atomic E-state index is 6.43. The first-order chi connectivity index (χ1) is 14.9. The Kier molecular flexibility index (Phi) is 12.9. The third-order valence-corrected chi connectivity index (χ3v) is 9.24. The molecule has 32 heavy (non-hydrogen) atoms. The maximum atomic E-state index is 6.43. The molecule has 4 nitrogen and oxygen atoms in total. The normalized spacial score (nSPS) is 13.9. The maximum Gasteiger partial charge on any atom is 0.150 e. The molecule has 0 aliphatic rings. The Hall–Kier alpha value is -0.506. The van der Waals surface area contributed by atoms with Crippen molar-refractivity contribution in [1.29, 1.82) is 0 Å². The largest absolute Gasteiger partial charge is 0.351 e. The van der Waals surface area contributed by atoms with E-state index in [1.807, 2.05) is 0 Å². The van der Waals surface area contributed by atoms with Crippen LogP contribution in [0, 0.1) is 0 Å². The van der Waals surface area contributed by atoms with Gasteiger partial charge in [0, 0.05) is 0 Å². The minimum Gasteiger partial charge on any atom is -0.351 e. The predicted octanol–water partition coefficient (Wildman–Crippen LogP) is 3.88. The van der Waals surface area contributed by atoms with Crippen LogP contribution in [0.15, 0.2) is 24.3 Å². The molecule has 0 atom stereocenters. The van der Waals surface area contributed by atoms with E-state index in [1.54, 1.807) is 0 Å². The molecule has 0 saturated carbocycles. The van der Waals surface area contributed by atoms with Crippen LogP contribution < -0.4 is 10.4 Å². The SMILES string of the molecule is CCCC(OC(C)C)(OC(C)C)[SiH2]c1ccc([SiH2]C(CCC)(OC(C)C)OC(C)C)cc1. The van der Waals surface area contributed by atoms with Crippen LogP contribution in [-0.4, -0.2) is 54.3 Å². The molecule has 0 spiro atoms. The molecule has 186 valence electrons. The number of ether oxygens (including phenoxy) is 4. The van der Waals surface area contributed by atoms with E-state index in [-0.39, 0.29) is 24.4 Å². The highest BCUT2D eigenvalue weighted by Crippen LogP contribution is 2.24. The molecule has 1 aromatic rings. The van der Waals surface area contributed by atoms with E-state index in [1.165, 1.54) is 10.4 Å². The van der Waals surface area contributed by atoms with Gasteiger partial charge in [0.1, 0.15) is 19.0 Å². The summed E-state index contributed by atoms with van der Waals surface area (Å²) in [4.78, 5) is 0. The first kappa shape index (κ1) is 29.5. The quantitative estimate of drug-likeness (QED) is 0.265. The molecular weight excluding hydrogens is 432 g/mol. The summed E-state index contributed by atoms with van der Waals surface area (Å²) in [5.74, 6) is 0. The van der Waals surface area contributed by atoms with Crippen LogP contribution in [-0.2, 0) is 18.9 Å².